The van der Waals surface area contributed by atoms with Gasteiger partial charge in [0.2, 0.25) is 0 Å². The second-order valence-corrected chi connectivity index (χ2v) is 7.88. The lowest BCUT2D eigenvalue weighted by Gasteiger charge is -2.22. The lowest BCUT2D eigenvalue weighted by molar-refractivity contribution is -0.121. The van der Waals surface area contributed by atoms with Gasteiger partial charge < -0.3 is 10.5 Å². The molecule has 0 atom stereocenters. The molecule has 4 rings (SSSR count). The first-order valence-electron chi connectivity index (χ1n) is 9.47. The van der Waals surface area contributed by atoms with Gasteiger partial charge in [-0.3, -0.25) is 4.79 Å². The third-order valence-electron chi connectivity index (χ3n) is 5.00. The Balaban J connectivity index is 1.87. The van der Waals surface area contributed by atoms with Gasteiger partial charge in [0.15, 0.2) is 6.61 Å². The Morgan fingerprint density at radius 1 is 1.10 bits per heavy atom. The van der Waals surface area contributed by atoms with Gasteiger partial charge in [-0.1, -0.05) is 47.5 Å². The quantitative estimate of drug-likeness (QED) is 0.574. The molecule has 2 aromatic carbocycles. The minimum Gasteiger partial charge on any atom is -0.452 e. The number of ether oxygens (including phenoxy) is 1. The maximum absolute atomic E-state index is 12.9. The number of carbonyl (C=O) groups is 2. The van der Waals surface area contributed by atoms with E-state index in [1.54, 1.807) is 12.1 Å². The van der Waals surface area contributed by atoms with Crippen LogP contribution in [0.2, 0.25) is 10.0 Å². The van der Waals surface area contributed by atoms with E-state index in [0.29, 0.717) is 32.9 Å². The summed E-state index contributed by atoms with van der Waals surface area (Å²) in [5.74, 6) is -1.27. The molecular formula is C23H18Cl2N2O3. The van der Waals surface area contributed by atoms with E-state index in [0.717, 1.165) is 35.2 Å². The average Bonchev–Trinajstić information content (AvgIpc) is 2.73. The molecule has 0 aliphatic heterocycles. The van der Waals surface area contributed by atoms with Gasteiger partial charge in [0.1, 0.15) is 0 Å². The van der Waals surface area contributed by atoms with E-state index in [9.17, 15) is 9.59 Å². The Hall–Kier alpha value is -2.89. The van der Waals surface area contributed by atoms with Gasteiger partial charge >= 0.3 is 5.97 Å². The molecule has 1 aliphatic carbocycles. The van der Waals surface area contributed by atoms with Crippen molar-refractivity contribution >= 4 is 57.6 Å². The van der Waals surface area contributed by atoms with Crippen LogP contribution in [-0.4, -0.2) is 23.5 Å². The molecule has 7 heteroatoms. The molecule has 0 unspecified atom stereocenters. The molecule has 0 saturated carbocycles. The number of esters is 1. The Kier molecular flexibility index (Phi) is 5.75. The Morgan fingerprint density at radius 2 is 1.90 bits per heavy atom. The largest absolute Gasteiger partial charge is 0.452 e. The summed E-state index contributed by atoms with van der Waals surface area (Å²) < 4.78 is 5.15. The molecule has 5 nitrogen and oxygen atoms in total. The topological polar surface area (TPSA) is 82.3 Å². The molecule has 1 amide bonds. The highest BCUT2D eigenvalue weighted by molar-refractivity contribution is 6.42. The Morgan fingerprint density at radius 3 is 2.67 bits per heavy atom. The smallest absolute Gasteiger partial charge is 0.339 e. The zero-order valence-electron chi connectivity index (χ0n) is 16.0. The predicted octanol–water partition coefficient (Wildman–Crippen LogP) is 5.06. The van der Waals surface area contributed by atoms with Crippen LogP contribution in [0.3, 0.4) is 0 Å². The van der Waals surface area contributed by atoms with Crippen LogP contribution in [0.15, 0.2) is 42.5 Å². The van der Waals surface area contributed by atoms with Crippen molar-refractivity contribution in [3.63, 3.8) is 0 Å². The monoisotopic (exact) mass is 440 g/mol. The fourth-order valence-corrected chi connectivity index (χ4v) is 4.03. The van der Waals surface area contributed by atoms with Gasteiger partial charge in [0.05, 0.1) is 26.8 Å². The van der Waals surface area contributed by atoms with E-state index in [1.807, 2.05) is 36.4 Å². The van der Waals surface area contributed by atoms with Crippen molar-refractivity contribution in [1.82, 2.24) is 4.98 Å². The summed E-state index contributed by atoms with van der Waals surface area (Å²) in [7, 11) is 0. The molecule has 2 N–H and O–H groups in total. The Labute approximate surface area is 183 Å². The van der Waals surface area contributed by atoms with Crippen molar-refractivity contribution < 1.29 is 14.3 Å². The minimum absolute atomic E-state index is 0.441. The van der Waals surface area contributed by atoms with Gasteiger partial charge in [0.25, 0.3) is 5.91 Å². The highest BCUT2D eigenvalue weighted by atomic mass is 35.5. The number of nitrogens with zero attached hydrogens (tertiary/aromatic N) is 1. The van der Waals surface area contributed by atoms with E-state index in [2.05, 4.69) is 0 Å². The molecule has 0 spiro atoms. The molecule has 0 saturated heterocycles. The number of primary amides is 1. The first-order valence-corrected chi connectivity index (χ1v) is 10.2. The van der Waals surface area contributed by atoms with E-state index in [-0.39, 0.29) is 0 Å². The molecule has 0 radical (unpaired) electrons. The number of nitrogens with two attached hydrogens (primary N) is 1. The molecule has 0 fully saturated rings. The van der Waals surface area contributed by atoms with Crippen molar-refractivity contribution in [2.45, 2.75) is 19.3 Å². The molecule has 152 valence electrons. The number of pyridine rings is 1. The van der Waals surface area contributed by atoms with E-state index >= 15 is 0 Å². The first kappa shape index (κ1) is 20.4. The minimum atomic E-state index is -0.698. The van der Waals surface area contributed by atoms with Crippen LogP contribution in [0.5, 0.6) is 0 Å². The molecule has 1 heterocycles. The molecule has 0 bridgehead atoms. The molecule has 30 heavy (non-hydrogen) atoms. The first-order chi connectivity index (χ1) is 14.4. The van der Waals surface area contributed by atoms with E-state index in [4.69, 9.17) is 38.7 Å². The number of amides is 1. The van der Waals surface area contributed by atoms with Crippen molar-refractivity contribution in [3.8, 4) is 0 Å². The number of hydrogen-bond acceptors (Lipinski definition) is 4. The second-order valence-electron chi connectivity index (χ2n) is 7.07. The SMILES string of the molecule is NC(=O)COC(=O)c1c2c(nc3ccccc13)C(=Cc1ccc(Cl)c(Cl)c1)CCC2. The van der Waals surface area contributed by atoms with E-state index in [1.165, 1.54) is 0 Å². The van der Waals surface area contributed by atoms with Gasteiger partial charge in [-0.15, -0.1) is 0 Å². The summed E-state index contributed by atoms with van der Waals surface area (Å²) in [6.45, 7) is -0.462. The normalized spacial score (nSPS) is 14.5. The standard InChI is InChI=1S/C23H18Cl2N2O3/c24-17-9-8-13(11-18(17)25)10-14-4-3-6-16-21(23(29)30-12-20(26)28)15-5-1-2-7-19(15)27-22(14)16/h1-2,5,7-11H,3-4,6,12H2,(H2,26,28). The molecular weight excluding hydrogens is 423 g/mol. The summed E-state index contributed by atoms with van der Waals surface area (Å²) >= 11 is 12.2. The van der Waals surface area contributed by atoms with Crippen LogP contribution in [0.4, 0.5) is 0 Å². The lowest BCUT2D eigenvalue weighted by atomic mass is 9.86. The fourth-order valence-electron chi connectivity index (χ4n) is 3.72. The van der Waals surface area contributed by atoms with Crippen LogP contribution in [0, 0.1) is 0 Å². The van der Waals surface area contributed by atoms with Crippen molar-refractivity contribution in [1.29, 1.82) is 0 Å². The zero-order chi connectivity index (χ0) is 21.3. The summed E-state index contributed by atoms with van der Waals surface area (Å²) in [6, 6.07) is 12.8. The van der Waals surface area contributed by atoms with Crippen LogP contribution in [0.25, 0.3) is 22.6 Å². The number of hydrogen-bond donors (Lipinski definition) is 1. The third-order valence-corrected chi connectivity index (χ3v) is 5.74. The number of benzene rings is 2. The Bertz CT molecular complexity index is 1200. The lowest BCUT2D eigenvalue weighted by Crippen LogP contribution is -2.22. The summed E-state index contributed by atoms with van der Waals surface area (Å²) in [5, 5.41) is 1.66. The number of para-hydroxylation sites is 1. The van der Waals surface area contributed by atoms with Crippen molar-refractivity contribution in [2.24, 2.45) is 5.73 Å². The number of fused-ring (bicyclic) bond motifs is 2. The van der Waals surface area contributed by atoms with Crippen LogP contribution < -0.4 is 5.73 Å². The van der Waals surface area contributed by atoms with Crippen LogP contribution in [-0.2, 0) is 16.0 Å². The number of rotatable bonds is 4. The van der Waals surface area contributed by atoms with Gasteiger partial charge in [-0.05, 0) is 60.2 Å². The number of aromatic nitrogens is 1. The van der Waals surface area contributed by atoms with Crippen molar-refractivity contribution in [3.05, 3.63) is 74.9 Å². The molecule has 1 aliphatic rings. The fraction of sp³-hybridized carbons (Fsp3) is 0.174. The van der Waals surface area contributed by atoms with Crippen LogP contribution >= 0.6 is 23.2 Å². The molecule has 1 aromatic heterocycles. The molecule has 3 aromatic rings. The maximum atomic E-state index is 12.9. The number of halogens is 2. The third kappa shape index (κ3) is 4.04. The number of carbonyl (C=O) groups excluding carboxylic acids is 2. The maximum Gasteiger partial charge on any atom is 0.339 e. The van der Waals surface area contributed by atoms with Crippen molar-refractivity contribution in [2.75, 3.05) is 6.61 Å². The van der Waals surface area contributed by atoms with Gasteiger partial charge in [0, 0.05) is 5.39 Å². The highest BCUT2D eigenvalue weighted by Crippen LogP contribution is 2.37. The summed E-state index contributed by atoms with van der Waals surface area (Å²) in [4.78, 5) is 28.8. The van der Waals surface area contributed by atoms with E-state index < -0.39 is 18.5 Å². The number of allylic oxidation sites excluding steroid dienone is 1. The summed E-state index contributed by atoms with van der Waals surface area (Å²) in [6.07, 6.45) is 4.37. The zero-order valence-corrected chi connectivity index (χ0v) is 17.5. The highest BCUT2D eigenvalue weighted by Gasteiger charge is 2.26. The van der Waals surface area contributed by atoms with Gasteiger partial charge in [-0.2, -0.15) is 0 Å². The van der Waals surface area contributed by atoms with Gasteiger partial charge in [-0.25, -0.2) is 9.78 Å². The second kappa shape index (κ2) is 8.46. The predicted molar refractivity (Wildman–Crippen MR) is 118 cm³/mol. The average molecular weight is 441 g/mol. The summed E-state index contributed by atoms with van der Waals surface area (Å²) in [5.41, 5.74) is 9.76. The van der Waals surface area contributed by atoms with Crippen LogP contribution in [0.1, 0.15) is 40.0 Å².